The predicted molar refractivity (Wildman–Crippen MR) is 153 cm³/mol. The molecule has 0 aromatic heterocycles. The fourth-order valence-corrected chi connectivity index (χ4v) is 5.17. The summed E-state index contributed by atoms with van der Waals surface area (Å²) in [5, 5.41) is 7.75. The molecule has 2 aromatic carbocycles. The van der Waals surface area contributed by atoms with E-state index in [4.69, 9.17) is 0 Å². The number of aryl methyl sites for hydroxylation is 6. The third-order valence-electron chi connectivity index (χ3n) is 7.02. The smallest absolute Gasteiger partial charge is 1.00 e. The van der Waals surface area contributed by atoms with E-state index in [0.29, 0.717) is 12.1 Å². The van der Waals surface area contributed by atoms with Crippen molar-refractivity contribution >= 4 is 11.4 Å². The SMILES string of the molecule is CCc1cc(CC)c(NC(C)CN(C)CC(C)Nc2c(CC)cc(CC)cc2CC)c(CC)c1.[Cl-].[Cl-].[Co+2]. The molecule has 0 aliphatic rings. The van der Waals surface area contributed by atoms with Gasteiger partial charge < -0.3 is 40.3 Å². The number of rotatable bonds is 14. The number of nitrogens with one attached hydrogen (secondary N) is 2. The Labute approximate surface area is 251 Å². The zero-order chi connectivity index (χ0) is 25.3. The van der Waals surface area contributed by atoms with Gasteiger partial charge in [0.25, 0.3) is 0 Å². The molecule has 0 saturated carbocycles. The van der Waals surface area contributed by atoms with E-state index < -0.39 is 0 Å². The van der Waals surface area contributed by atoms with Crippen LogP contribution in [0.5, 0.6) is 0 Å². The minimum atomic E-state index is 0. The van der Waals surface area contributed by atoms with Crippen LogP contribution >= 0.6 is 0 Å². The maximum absolute atomic E-state index is 3.87. The number of benzene rings is 2. The first-order valence-corrected chi connectivity index (χ1v) is 13.8. The molecule has 2 unspecified atom stereocenters. The summed E-state index contributed by atoms with van der Waals surface area (Å²) < 4.78 is 0. The van der Waals surface area contributed by atoms with Gasteiger partial charge in [-0.25, -0.2) is 0 Å². The number of hydrogen-bond donors (Lipinski definition) is 2. The van der Waals surface area contributed by atoms with Crippen molar-refractivity contribution in [3.05, 3.63) is 57.6 Å². The van der Waals surface area contributed by atoms with E-state index in [9.17, 15) is 0 Å². The predicted octanol–water partition coefficient (Wildman–Crippen LogP) is 1.30. The maximum atomic E-state index is 3.87. The van der Waals surface area contributed by atoms with E-state index in [1.807, 2.05) is 0 Å². The third-order valence-corrected chi connectivity index (χ3v) is 7.02. The zero-order valence-electron chi connectivity index (χ0n) is 24.7. The fraction of sp³-hybridized carbons (Fsp3) is 0.613. The van der Waals surface area contributed by atoms with Crippen molar-refractivity contribution in [2.75, 3.05) is 30.8 Å². The van der Waals surface area contributed by atoms with Crippen LogP contribution in [0, 0.1) is 0 Å². The van der Waals surface area contributed by atoms with Crippen molar-refractivity contribution in [1.82, 2.24) is 4.90 Å². The molecule has 3 nitrogen and oxygen atoms in total. The van der Waals surface area contributed by atoms with Crippen LogP contribution in [-0.2, 0) is 55.3 Å². The molecule has 213 valence electrons. The largest absolute Gasteiger partial charge is 2.00 e. The van der Waals surface area contributed by atoms with Crippen LogP contribution in [0.15, 0.2) is 24.3 Å². The third kappa shape index (κ3) is 11.0. The topological polar surface area (TPSA) is 27.3 Å². The number of nitrogens with zero attached hydrogens (tertiary/aromatic N) is 1. The van der Waals surface area contributed by atoms with Gasteiger partial charge in [-0.2, -0.15) is 0 Å². The number of hydrogen-bond acceptors (Lipinski definition) is 3. The second-order valence-electron chi connectivity index (χ2n) is 10.0. The normalized spacial score (nSPS) is 12.2. The molecule has 6 heteroatoms. The van der Waals surface area contributed by atoms with E-state index in [-0.39, 0.29) is 41.6 Å². The van der Waals surface area contributed by atoms with Crippen molar-refractivity contribution in [1.29, 1.82) is 0 Å². The number of likely N-dealkylation sites (N-methyl/N-ethyl adjacent to an activating group) is 1. The Balaban J connectivity index is 0. The molecule has 2 atom stereocenters. The monoisotopic (exact) mass is 594 g/mol. The molecule has 2 N–H and O–H groups in total. The summed E-state index contributed by atoms with van der Waals surface area (Å²) in [7, 11) is 2.25. The first-order chi connectivity index (χ1) is 16.3. The van der Waals surface area contributed by atoms with Gasteiger partial charge in [0.15, 0.2) is 0 Å². The van der Waals surface area contributed by atoms with E-state index >= 15 is 0 Å². The summed E-state index contributed by atoms with van der Waals surface area (Å²) >= 11 is 0. The van der Waals surface area contributed by atoms with Gasteiger partial charge in [-0.1, -0.05) is 65.8 Å². The fourth-order valence-electron chi connectivity index (χ4n) is 5.17. The van der Waals surface area contributed by atoms with Crippen LogP contribution in [0.2, 0.25) is 0 Å². The van der Waals surface area contributed by atoms with Crippen LogP contribution in [0.3, 0.4) is 0 Å². The van der Waals surface area contributed by atoms with Crippen molar-refractivity contribution < 1.29 is 41.6 Å². The minimum Gasteiger partial charge on any atom is -1.00 e. The molecule has 0 fully saturated rings. The van der Waals surface area contributed by atoms with E-state index in [2.05, 4.69) is 102 Å². The second kappa shape index (κ2) is 19.2. The van der Waals surface area contributed by atoms with Crippen LogP contribution in [0.25, 0.3) is 0 Å². The Morgan fingerprint density at radius 1 is 0.568 bits per heavy atom. The van der Waals surface area contributed by atoms with Crippen LogP contribution in [0.1, 0.15) is 88.8 Å². The van der Waals surface area contributed by atoms with Gasteiger partial charge in [0.2, 0.25) is 0 Å². The summed E-state index contributed by atoms with van der Waals surface area (Å²) in [4.78, 5) is 2.46. The summed E-state index contributed by atoms with van der Waals surface area (Å²) in [6.45, 7) is 20.2. The average molecular weight is 596 g/mol. The molecule has 0 aliphatic heterocycles. The summed E-state index contributed by atoms with van der Waals surface area (Å²) in [6.07, 6.45) is 6.49. The van der Waals surface area contributed by atoms with Gasteiger partial charge in [0, 0.05) is 36.5 Å². The summed E-state index contributed by atoms with van der Waals surface area (Å²) in [6, 6.07) is 10.4. The van der Waals surface area contributed by atoms with E-state index in [0.717, 1.165) is 51.6 Å². The van der Waals surface area contributed by atoms with Gasteiger partial charge in [-0.05, 0) is 92.8 Å². The van der Waals surface area contributed by atoms with Gasteiger partial charge in [0.1, 0.15) is 0 Å². The Morgan fingerprint density at radius 3 is 1.05 bits per heavy atom. The van der Waals surface area contributed by atoms with Crippen molar-refractivity contribution in [3.63, 3.8) is 0 Å². The first-order valence-electron chi connectivity index (χ1n) is 13.8. The van der Waals surface area contributed by atoms with Crippen LogP contribution < -0.4 is 35.4 Å². The minimum absolute atomic E-state index is 0. The Hall–Kier alpha value is -0.914. The summed E-state index contributed by atoms with van der Waals surface area (Å²) in [5.74, 6) is 0. The zero-order valence-corrected chi connectivity index (χ0v) is 27.2. The molecule has 0 saturated heterocycles. The molecule has 2 aromatic rings. The first kappa shape index (κ1) is 38.2. The van der Waals surface area contributed by atoms with Gasteiger partial charge in [-0.3, -0.25) is 0 Å². The Kier molecular flexibility index (Phi) is 19.8. The van der Waals surface area contributed by atoms with Crippen LogP contribution in [0.4, 0.5) is 11.4 Å². The van der Waals surface area contributed by atoms with Crippen molar-refractivity contribution in [3.8, 4) is 0 Å². The van der Waals surface area contributed by atoms with E-state index in [1.54, 1.807) is 0 Å². The molecule has 0 spiro atoms. The average Bonchev–Trinajstić information content (AvgIpc) is 2.83. The van der Waals surface area contributed by atoms with Crippen LogP contribution in [-0.4, -0.2) is 37.1 Å². The molecule has 2 rings (SSSR count). The Morgan fingerprint density at radius 2 is 0.838 bits per heavy atom. The number of anilines is 2. The van der Waals surface area contributed by atoms with Crippen molar-refractivity contribution in [2.24, 2.45) is 0 Å². The molecular weight excluding hydrogens is 544 g/mol. The molecule has 1 radical (unpaired) electrons. The van der Waals surface area contributed by atoms with Gasteiger partial charge in [-0.15, -0.1) is 0 Å². The molecule has 0 bridgehead atoms. The van der Waals surface area contributed by atoms with E-state index in [1.165, 1.54) is 44.8 Å². The standard InChI is InChI=1S/C31H51N3.2ClH.Co/c1-10-24-16-26(12-3)30(27(13-4)17-24)32-22(7)20-34(9)21-23(8)33-31-28(14-5)18-25(11-2)19-29(31)15-6;;;/h16-19,22-23,32-33H,10-15,20-21H2,1-9H3;2*1H;/q;;;+2/p-2. The van der Waals surface area contributed by atoms with Gasteiger partial charge >= 0.3 is 16.8 Å². The second-order valence-corrected chi connectivity index (χ2v) is 10.0. The molecule has 0 heterocycles. The molecule has 0 aliphatic carbocycles. The molecular formula is C31H51Cl2CoN3. The van der Waals surface area contributed by atoms with Crippen molar-refractivity contribution in [2.45, 2.75) is 106 Å². The quantitative estimate of drug-likeness (QED) is 0.345. The molecule has 0 amide bonds. The number of halogens is 2. The molecule has 37 heavy (non-hydrogen) atoms. The maximum Gasteiger partial charge on any atom is 2.00 e. The van der Waals surface area contributed by atoms with Gasteiger partial charge in [0.05, 0.1) is 0 Å². The Bertz CT molecular complexity index is 796. The summed E-state index contributed by atoms with van der Waals surface area (Å²) in [5.41, 5.74) is 11.5.